The van der Waals surface area contributed by atoms with E-state index in [-0.39, 0.29) is 5.91 Å². The fourth-order valence-electron chi connectivity index (χ4n) is 1.27. The lowest BCUT2D eigenvalue weighted by atomic mass is 10.1. The highest BCUT2D eigenvalue weighted by molar-refractivity contribution is 6.33. The van der Waals surface area contributed by atoms with Crippen LogP contribution in [0.25, 0.3) is 0 Å². The zero-order valence-electron chi connectivity index (χ0n) is 6.23. The fourth-order valence-corrected chi connectivity index (χ4v) is 1.43. The van der Waals surface area contributed by atoms with E-state index in [1.165, 1.54) is 0 Å². The van der Waals surface area contributed by atoms with E-state index in [9.17, 15) is 4.79 Å². The van der Waals surface area contributed by atoms with E-state index < -0.39 is 0 Å². The Morgan fingerprint density at radius 2 is 2.25 bits per heavy atom. The minimum atomic E-state index is -0.0769. The number of benzene rings is 1. The molecule has 3 nitrogen and oxygen atoms in total. The van der Waals surface area contributed by atoms with Gasteiger partial charge in [0.2, 0.25) is 0 Å². The second-order valence-electron chi connectivity index (χ2n) is 2.71. The van der Waals surface area contributed by atoms with Gasteiger partial charge in [-0.05, 0) is 17.7 Å². The molecule has 0 fully saturated rings. The lowest BCUT2D eigenvalue weighted by Gasteiger charge is -2.00. The Kier molecular flexibility index (Phi) is 1.48. The molecule has 0 bridgehead atoms. The van der Waals surface area contributed by atoms with E-state index in [0.29, 0.717) is 22.8 Å². The number of nitrogen functional groups attached to an aromatic ring is 1. The van der Waals surface area contributed by atoms with Gasteiger partial charge in [-0.25, -0.2) is 0 Å². The number of anilines is 1. The number of carbonyl (C=O) groups is 1. The van der Waals surface area contributed by atoms with Crippen molar-refractivity contribution in [1.29, 1.82) is 0 Å². The van der Waals surface area contributed by atoms with E-state index >= 15 is 0 Å². The molecular formula is C8H7ClN2O. The van der Waals surface area contributed by atoms with Gasteiger partial charge in [0.1, 0.15) is 0 Å². The molecule has 0 spiro atoms. The summed E-state index contributed by atoms with van der Waals surface area (Å²) in [5.41, 5.74) is 7.64. The molecule has 1 amide bonds. The van der Waals surface area contributed by atoms with Crippen LogP contribution in [0.2, 0.25) is 5.02 Å². The first kappa shape index (κ1) is 7.43. The van der Waals surface area contributed by atoms with Crippen molar-refractivity contribution in [1.82, 2.24) is 5.32 Å². The minimum absolute atomic E-state index is 0.0769. The van der Waals surface area contributed by atoms with E-state index in [1.54, 1.807) is 12.1 Å². The Hall–Kier alpha value is -1.22. The Morgan fingerprint density at radius 1 is 1.50 bits per heavy atom. The molecule has 1 heterocycles. The van der Waals surface area contributed by atoms with Crippen LogP contribution in [-0.2, 0) is 6.54 Å². The lowest BCUT2D eigenvalue weighted by molar-refractivity contribution is 0.0966. The predicted octanol–water partition coefficient (Wildman–Crippen LogP) is 1.17. The SMILES string of the molecule is Nc1cc2c(cc1Cl)C(=O)NC2. The maximum Gasteiger partial charge on any atom is 0.251 e. The van der Waals surface area contributed by atoms with E-state index in [1.807, 2.05) is 0 Å². The summed E-state index contributed by atoms with van der Waals surface area (Å²) in [5, 5.41) is 3.12. The first-order chi connectivity index (χ1) is 5.68. The zero-order chi connectivity index (χ0) is 8.72. The number of nitrogens with one attached hydrogen (secondary N) is 1. The van der Waals surface area contributed by atoms with Gasteiger partial charge in [0.15, 0.2) is 0 Å². The molecule has 0 unspecified atom stereocenters. The molecule has 2 rings (SSSR count). The first-order valence-corrected chi connectivity index (χ1v) is 3.92. The van der Waals surface area contributed by atoms with Gasteiger partial charge in [-0.1, -0.05) is 11.6 Å². The summed E-state index contributed by atoms with van der Waals surface area (Å²) in [6.45, 7) is 0.551. The molecular weight excluding hydrogens is 176 g/mol. The van der Waals surface area contributed by atoms with Gasteiger partial charge >= 0.3 is 0 Å². The monoisotopic (exact) mass is 182 g/mol. The predicted molar refractivity (Wildman–Crippen MR) is 47.0 cm³/mol. The molecule has 12 heavy (non-hydrogen) atoms. The van der Waals surface area contributed by atoms with Crippen LogP contribution in [0, 0.1) is 0 Å². The molecule has 0 aliphatic carbocycles. The van der Waals surface area contributed by atoms with Crippen molar-refractivity contribution in [3.63, 3.8) is 0 Å². The zero-order valence-corrected chi connectivity index (χ0v) is 6.98. The second-order valence-corrected chi connectivity index (χ2v) is 3.12. The number of fused-ring (bicyclic) bond motifs is 1. The van der Waals surface area contributed by atoms with E-state index in [2.05, 4.69) is 5.32 Å². The van der Waals surface area contributed by atoms with Crippen LogP contribution in [0.5, 0.6) is 0 Å². The number of rotatable bonds is 0. The Morgan fingerprint density at radius 3 is 3.00 bits per heavy atom. The lowest BCUT2D eigenvalue weighted by Crippen LogP contribution is -2.12. The molecule has 1 aliphatic rings. The molecule has 0 aromatic heterocycles. The summed E-state index contributed by atoms with van der Waals surface area (Å²) < 4.78 is 0. The number of nitrogens with two attached hydrogens (primary N) is 1. The fraction of sp³-hybridized carbons (Fsp3) is 0.125. The summed E-state index contributed by atoms with van der Waals surface area (Å²) in [6.07, 6.45) is 0. The number of halogens is 1. The second kappa shape index (κ2) is 2.38. The maximum atomic E-state index is 11.1. The van der Waals surface area contributed by atoms with Crippen molar-refractivity contribution < 1.29 is 4.79 Å². The van der Waals surface area contributed by atoms with Crippen molar-refractivity contribution in [2.75, 3.05) is 5.73 Å². The quantitative estimate of drug-likeness (QED) is 0.592. The highest BCUT2D eigenvalue weighted by atomic mass is 35.5. The molecule has 0 saturated carbocycles. The summed E-state index contributed by atoms with van der Waals surface area (Å²) in [7, 11) is 0. The van der Waals surface area contributed by atoms with Gasteiger partial charge in [0.25, 0.3) is 5.91 Å². The standard InChI is InChI=1S/C8H7ClN2O/c9-6-2-5-4(1-7(6)10)3-11-8(5)12/h1-2H,3,10H2,(H,11,12). The molecule has 0 radical (unpaired) electrons. The third kappa shape index (κ3) is 0.940. The summed E-state index contributed by atoms with van der Waals surface area (Å²) >= 11 is 5.75. The van der Waals surface area contributed by atoms with Gasteiger partial charge in [0.05, 0.1) is 10.7 Å². The summed E-state index contributed by atoms with van der Waals surface area (Å²) in [5.74, 6) is -0.0769. The van der Waals surface area contributed by atoms with Gasteiger partial charge in [0, 0.05) is 12.1 Å². The Bertz CT molecular complexity index is 362. The van der Waals surface area contributed by atoms with E-state index in [0.717, 1.165) is 5.56 Å². The molecule has 1 aromatic carbocycles. The number of hydrogen-bond donors (Lipinski definition) is 2. The largest absolute Gasteiger partial charge is 0.398 e. The first-order valence-electron chi connectivity index (χ1n) is 3.54. The molecule has 0 atom stereocenters. The van der Waals surface area contributed by atoms with Gasteiger partial charge in [-0.15, -0.1) is 0 Å². The van der Waals surface area contributed by atoms with Crippen LogP contribution >= 0.6 is 11.6 Å². The Labute approximate surface area is 74.5 Å². The van der Waals surface area contributed by atoms with Gasteiger partial charge in [-0.2, -0.15) is 0 Å². The van der Waals surface area contributed by atoms with Crippen molar-refractivity contribution in [2.24, 2.45) is 0 Å². The average molecular weight is 183 g/mol. The summed E-state index contributed by atoms with van der Waals surface area (Å²) in [6, 6.07) is 3.34. The minimum Gasteiger partial charge on any atom is -0.398 e. The van der Waals surface area contributed by atoms with Crippen molar-refractivity contribution in [3.8, 4) is 0 Å². The van der Waals surface area contributed by atoms with Crippen molar-refractivity contribution >= 4 is 23.2 Å². The van der Waals surface area contributed by atoms with Gasteiger partial charge in [-0.3, -0.25) is 4.79 Å². The third-order valence-electron chi connectivity index (χ3n) is 1.91. The smallest absolute Gasteiger partial charge is 0.251 e. The highest BCUT2D eigenvalue weighted by Crippen LogP contribution is 2.25. The molecule has 62 valence electrons. The van der Waals surface area contributed by atoms with Crippen LogP contribution in [0.4, 0.5) is 5.69 Å². The molecule has 3 N–H and O–H groups in total. The summed E-state index contributed by atoms with van der Waals surface area (Å²) in [4.78, 5) is 11.1. The van der Waals surface area contributed by atoms with Crippen molar-refractivity contribution in [3.05, 3.63) is 28.3 Å². The number of amides is 1. The molecule has 4 heteroatoms. The van der Waals surface area contributed by atoms with Crippen LogP contribution in [-0.4, -0.2) is 5.91 Å². The number of carbonyl (C=O) groups excluding carboxylic acids is 1. The normalized spacial score (nSPS) is 14.2. The van der Waals surface area contributed by atoms with Crippen LogP contribution in [0.1, 0.15) is 15.9 Å². The molecule has 0 saturated heterocycles. The molecule has 1 aliphatic heterocycles. The number of hydrogen-bond acceptors (Lipinski definition) is 2. The van der Waals surface area contributed by atoms with Crippen LogP contribution in [0.3, 0.4) is 0 Å². The van der Waals surface area contributed by atoms with Crippen LogP contribution in [0.15, 0.2) is 12.1 Å². The topological polar surface area (TPSA) is 55.1 Å². The molecule has 1 aromatic rings. The van der Waals surface area contributed by atoms with Crippen molar-refractivity contribution in [2.45, 2.75) is 6.54 Å². The highest BCUT2D eigenvalue weighted by Gasteiger charge is 2.19. The average Bonchev–Trinajstić information content (AvgIpc) is 2.35. The Balaban J connectivity index is 2.63. The third-order valence-corrected chi connectivity index (χ3v) is 2.23. The van der Waals surface area contributed by atoms with E-state index in [4.69, 9.17) is 17.3 Å². The maximum absolute atomic E-state index is 11.1. The van der Waals surface area contributed by atoms with Crippen LogP contribution < -0.4 is 11.1 Å². The van der Waals surface area contributed by atoms with Gasteiger partial charge < -0.3 is 11.1 Å².